The molecular formula is C19H28F2O6S. The van der Waals surface area contributed by atoms with Crippen molar-refractivity contribution in [1.82, 2.24) is 0 Å². The van der Waals surface area contributed by atoms with Crippen LogP contribution < -0.4 is 0 Å². The molecule has 0 fully saturated rings. The van der Waals surface area contributed by atoms with Crippen LogP contribution in [0.15, 0.2) is 12.1 Å². The third kappa shape index (κ3) is 5.71. The number of esters is 1. The van der Waals surface area contributed by atoms with Crippen molar-refractivity contribution in [3.63, 3.8) is 0 Å². The lowest BCUT2D eigenvalue weighted by atomic mass is 9.75. The second kappa shape index (κ2) is 8.04. The third-order valence-corrected chi connectivity index (χ3v) is 5.01. The highest BCUT2D eigenvalue weighted by Crippen LogP contribution is 2.36. The fourth-order valence-electron chi connectivity index (χ4n) is 2.74. The van der Waals surface area contributed by atoms with Crippen LogP contribution in [0, 0.1) is 0 Å². The number of hydrogen-bond acceptors (Lipinski definition) is 5. The zero-order valence-electron chi connectivity index (χ0n) is 17.2. The normalized spacial score (nSPS) is 13.5. The number of benzene rings is 1. The maximum Gasteiger partial charge on any atom is 0.402 e. The number of methoxy groups -OCH3 is 1. The summed E-state index contributed by atoms with van der Waals surface area (Å²) in [6.07, 6.45) is 0. The van der Waals surface area contributed by atoms with E-state index in [4.69, 9.17) is 9.29 Å². The van der Waals surface area contributed by atoms with Crippen molar-refractivity contribution >= 4 is 16.1 Å². The molecule has 160 valence electrons. The molecule has 9 heteroatoms. The molecule has 0 radical (unpaired) electrons. The molecule has 0 aliphatic rings. The molecule has 0 aliphatic carbocycles. The first-order chi connectivity index (χ1) is 12.4. The summed E-state index contributed by atoms with van der Waals surface area (Å²) in [5, 5.41) is -4.58. The molecular weight excluding hydrogens is 394 g/mol. The number of rotatable bonds is 6. The SMILES string of the molecule is COCc1c(C(C)(C)C)cc(C(=O)OCC(F)(F)S(=O)(=O)O)cc1C(C)(C)C. The molecule has 1 N–H and O–H groups in total. The standard InChI is InChI=1S/C19H28F2O6S/c1-17(2,3)14-8-12(9-15(18(4,5)6)13(14)10-26-7)16(22)27-11-19(20,21)28(23,24)25/h8-9H,10-11H2,1-7H3,(H,23,24,25). The summed E-state index contributed by atoms with van der Waals surface area (Å²) in [4.78, 5) is 12.4. The number of halogens is 2. The van der Waals surface area contributed by atoms with Gasteiger partial charge in [-0.1, -0.05) is 41.5 Å². The summed E-state index contributed by atoms with van der Waals surface area (Å²) in [5.41, 5.74) is 1.71. The van der Waals surface area contributed by atoms with Crippen molar-refractivity contribution in [2.45, 2.75) is 64.2 Å². The Kier molecular flexibility index (Phi) is 7.02. The zero-order valence-corrected chi connectivity index (χ0v) is 18.0. The van der Waals surface area contributed by atoms with Crippen LogP contribution in [0.3, 0.4) is 0 Å². The summed E-state index contributed by atoms with van der Waals surface area (Å²) >= 11 is 0. The van der Waals surface area contributed by atoms with E-state index < -0.39 is 27.9 Å². The largest absolute Gasteiger partial charge is 0.454 e. The van der Waals surface area contributed by atoms with Gasteiger partial charge in [-0.05, 0) is 39.7 Å². The van der Waals surface area contributed by atoms with Gasteiger partial charge in [0.15, 0.2) is 6.61 Å². The highest BCUT2D eigenvalue weighted by molar-refractivity contribution is 7.86. The second-order valence-electron chi connectivity index (χ2n) is 8.67. The van der Waals surface area contributed by atoms with E-state index >= 15 is 0 Å². The predicted octanol–water partition coefficient (Wildman–Crippen LogP) is 4.07. The van der Waals surface area contributed by atoms with Gasteiger partial charge in [0, 0.05) is 7.11 Å². The highest BCUT2D eigenvalue weighted by Gasteiger charge is 2.45. The van der Waals surface area contributed by atoms with Crippen LogP contribution in [-0.2, 0) is 37.0 Å². The topological polar surface area (TPSA) is 89.9 Å². The van der Waals surface area contributed by atoms with Gasteiger partial charge in [-0.15, -0.1) is 0 Å². The van der Waals surface area contributed by atoms with E-state index in [0.717, 1.165) is 16.7 Å². The molecule has 0 saturated carbocycles. The van der Waals surface area contributed by atoms with Crippen molar-refractivity contribution < 1.29 is 36.0 Å². The molecule has 0 amide bonds. The first-order valence-electron chi connectivity index (χ1n) is 8.60. The van der Waals surface area contributed by atoms with E-state index in [9.17, 15) is 22.0 Å². The highest BCUT2D eigenvalue weighted by atomic mass is 32.2. The summed E-state index contributed by atoms with van der Waals surface area (Å²) in [5.74, 6) is -1.11. The Bertz CT molecular complexity index is 798. The summed E-state index contributed by atoms with van der Waals surface area (Å²) < 4.78 is 66.5. The van der Waals surface area contributed by atoms with Gasteiger partial charge in [0.2, 0.25) is 0 Å². The molecule has 0 aliphatic heterocycles. The first-order valence-corrected chi connectivity index (χ1v) is 10.0. The lowest BCUT2D eigenvalue weighted by molar-refractivity contribution is -0.00952. The lowest BCUT2D eigenvalue weighted by Crippen LogP contribution is -2.34. The minimum atomic E-state index is -5.68. The Labute approximate surface area is 165 Å². The van der Waals surface area contributed by atoms with Crippen LogP contribution in [0.1, 0.15) is 68.6 Å². The Morgan fingerprint density at radius 2 is 1.46 bits per heavy atom. The van der Waals surface area contributed by atoms with Crippen LogP contribution in [0.5, 0.6) is 0 Å². The minimum absolute atomic E-state index is 0.0147. The number of carbonyl (C=O) groups excluding carboxylic acids is 1. The van der Waals surface area contributed by atoms with Crippen molar-refractivity contribution in [2.75, 3.05) is 13.7 Å². The minimum Gasteiger partial charge on any atom is -0.454 e. The van der Waals surface area contributed by atoms with Crippen molar-refractivity contribution in [1.29, 1.82) is 0 Å². The Morgan fingerprint density at radius 1 is 1.04 bits per heavy atom. The maximum atomic E-state index is 13.4. The zero-order chi connectivity index (χ0) is 22.1. The number of alkyl halides is 2. The van der Waals surface area contributed by atoms with Crippen LogP contribution >= 0.6 is 0 Å². The fraction of sp³-hybridized carbons (Fsp3) is 0.632. The van der Waals surface area contributed by atoms with E-state index in [1.807, 2.05) is 41.5 Å². The van der Waals surface area contributed by atoms with Gasteiger partial charge in [-0.3, -0.25) is 4.55 Å². The van der Waals surface area contributed by atoms with Crippen molar-refractivity contribution in [2.24, 2.45) is 0 Å². The molecule has 0 aromatic heterocycles. The molecule has 28 heavy (non-hydrogen) atoms. The van der Waals surface area contributed by atoms with Crippen LogP contribution in [0.4, 0.5) is 8.78 Å². The van der Waals surface area contributed by atoms with Gasteiger partial charge < -0.3 is 9.47 Å². The number of carbonyl (C=O) groups is 1. The van der Waals surface area contributed by atoms with Gasteiger partial charge in [0.25, 0.3) is 0 Å². The summed E-state index contributed by atoms with van der Waals surface area (Å²) in [6, 6.07) is 3.08. The van der Waals surface area contributed by atoms with Gasteiger partial charge in [-0.25, -0.2) is 4.79 Å². The monoisotopic (exact) mass is 422 g/mol. The maximum absolute atomic E-state index is 13.4. The average molecular weight is 422 g/mol. The molecule has 0 saturated heterocycles. The smallest absolute Gasteiger partial charge is 0.402 e. The van der Waals surface area contributed by atoms with Crippen LogP contribution in [-0.4, -0.2) is 37.9 Å². The number of ether oxygens (including phenoxy) is 2. The molecule has 0 bridgehead atoms. The molecule has 0 atom stereocenters. The quantitative estimate of drug-likeness (QED) is 0.549. The molecule has 6 nitrogen and oxygen atoms in total. The Morgan fingerprint density at radius 3 is 1.79 bits per heavy atom. The van der Waals surface area contributed by atoms with Gasteiger partial charge in [0.05, 0.1) is 12.2 Å². The lowest BCUT2D eigenvalue weighted by Gasteiger charge is -2.30. The van der Waals surface area contributed by atoms with Gasteiger partial charge in [0.1, 0.15) is 0 Å². The third-order valence-electron chi connectivity index (χ3n) is 4.14. The number of hydrogen-bond donors (Lipinski definition) is 1. The summed E-state index contributed by atoms with van der Waals surface area (Å²) in [7, 11) is -4.13. The van der Waals surface area contributed by atoms with E-state index in [1.54, 1.807) is 7.11 Å². The average Bonchev–Trinajstić information content (AvgIpc) is 2.49. The Hall–Kier alpha value is -1.58. The molecule has 1 rings (SSSR count). The van der Waals surface area contributed by atoms with Gasteiger partial charge in [-0.2, -0.15) is 17.2 Å². The predicted molar refractivity (Wildman–Crippen MR) is 101 cm³/mol. The Balaban J connectivity index is 3.46. The fourth-order valence-corrected chi connectivity index (χ4v) is 2.94. The second-order valence-corrected chi connectivity index (χ2v) is 10.2. The van der Waals surface area contributed by atoms with E-state index in [0.29, 0.717) is 6.61 Å². The van der Waals surface area contributed by atoms with E-state index in [1.165, 1.54) is 12.1 Å². The van der Waals surface area contributed by atoms with E-state index in [-0.39, 0.29) is 16.4 Å². The molecule has 1 aromatic rings. The summed E-state index contributed by atoms with van der Waals surface area (Å²) in [6.45, 7) is 10.2. The van der Waals surface area contributed by atoms with Crippen LogP contribution in [0.25, 0.3) is 0 Å². The van der Waals surface area contributed by atoms with Crippen molar-refractivity contribution in [3.05, 3.63) is 34.4 Å². The molecule has 0 heterocycles. The van der Waals surface area contributed by atoms with Crippen molar-refractivity contribution in [3.8, 4) is 0 Å². The molecule has 0 unspecified atom stereocenters. The first kappa shape index (κ1) is 24.5. The molecule has 0 spiro atoms. The van der Waals surface area contributed by atoms with E-state index in [2.05, 4.69) is 4.74 Å². The van der Waals surface area contributed by atoms with Gasteiger partial charge >= 0.3 is 21.3 Å². The molecule has 1 aromatic carbocycles. The van der Waals surface area contributed by atoms with Crippen LogP contribution in [0.2, 0.25) is 0 Å².